The van der Waals surface area contributed by atoms with Crippen LogP contribution in [0.3, 0.4) is 0 Å². The second-order valence-corrected chi connectivity index (χ2v) is 7.49. The van der Waals surface area contributed by atoms with Crippen LogP contribution in [-0.2, 0) is 15.7 Å². The number of hydrazine groups is 1. The largest absolute Gasteiger partial charge is 0.481 e. The van der Waals surface area contributed by atoms with Crippen LogP contribution >= 0.6 is 0 Å². The number of hydrogen-bond acceptors (Lipinski definition) is 11. The molecule has 0 bridgehead atoms. The summed E-state index contributed by atoms with van der Waals surface area (Å²) in [4.78, 5) is 19.9. The summed E-state index contributed by atoms with van der Waals surface area (Å²) in [6.45, 7) is 1.63. The third-order valence-corrected chi connectivity index (χ3v) is 5.24. The number of hydrogen-bond donors (Lipinski definition) is 4. The number of rotatable bonds is 6. The van der Waals surface area contributed by atoms with Crippen LogP contribution in [0, 0.1) is 0 Å². The first-order valence-electron chi connectivity index (χ1n) is 8.12. The lowest BCUT2D eigenvalue weighted by Crippen LogP contribution is -2.41. The fourth-order valence-electron chi connectivity index (χ4n) is 2.48. The van der Waals surface area contributed by atoms with E-state index >= 15 is 0 Å². The molecule has 0 saturated heterocycles. The lowest BCUT2D eigenvalue weighted by atomic mass is 10.0. The maximum atomic E-state index is 12.8. The van der Waals surface area contributed by atoms with E-state index in [1.165, 1.54) is 32.4 Å². The van der Waals surface area contributed by atoms with E-state index in [9.17, 15) is 13.2 Å². The molecule has 2 aromatic rings. The number of anilines is 1. The summed E-state index contributed by atoms with van der Waals surface area (Å²) in [6.07, 6.45) is 0. The standard InChI is InChI=1S/C15H18N8O5S/c1-15(20-22-23-21-15)9-6-4-5-7-10(9)29(25,26)19-14(24)18-13-16-11(27-2)8-12(17-13)28-3/h4-8H,1-3H3,(H,20,23)(H,21,22)(H2,16,17,18,19,24). The van der Waals surface area contributed by atoms with Crippen LogP contribution in [0.4, 0.5) is 10.7 Å². The zero-order valence-corrected chi connectivity index (χ0v) is 16.4. The van der Waals surface area contributed by atoms with Crippen molar-refractivity contribution >= 4 is 22.0 Å². The van der Waals surface area contributed by atoms with E-state index in [2.05, 4.69) is 36.6 Å². The van der Waals surface area contributed by atoms with Crippen molar-refractivity contribution in [1.29, 1.82) is 0 Å². The number of nitrogens with one attached hydrogen (secondary N) is 4. The Labute approximate surface area is 165 Å². The maximum absolute atomic E-state index is 12.8. The van der Waals surface area contributed by atoms with Gasteiger partial charge in [-0.25, -0.2) is 23.5 Å². The first kappa shape index (κ1) is 20.2. The Kier molecular flexibility index (Phi) is 5.47. The highest BCUT2D eigenvalue weighted by Crippen LogP contribution is 2.30. The molecule has 1 unspecified atom stereocenters. The second kappa shape index (κ2) is 7.84. The Hall–Kier alpha value is -3.52. The van der Waals surface area contributed by atoms with Gasteiger partial charge in [0.15, 0.2) is 5.66 Å². The Morgan fingerprint density at radius 3 is 2.38 bits per heavy atom. The smallest absolute Gasteiger partial charge is 0.335 e. The van der Waals surface area contributed by atoms with Gasteiger partial charge in [0.25, 0.3) is 10.0 Å². The Bertz CT molecular complexity index is 1040. The number of sulfonamides is 1. The van der Waals surface area contributed by atoms with Crippen molar-refractivity contribution in [1.82, 2.24) is 25.7 Å². The molecule has 2 heterocycles. The van der Waals surface area contributed by atoms with Gasteiger partial charge in [-0.3, -0.25) is 5.32 Å². The van der Waals surface area contributed by atoms with E-state index in [4.69, 9.17) is 9.47 Å². The van der Waals surface area contributed by atoms with E-state index in [0.29, 0.717) is 0 Å². The molecule has 3 rings (SSSR count). The molecular weight excluding hydrogens is 404 g/mol. The maximum Gasteiger partial charge on any atom is 0.335 e. The predicted molar refractivity (Wildman–Crippen MR) is 99.4 cm³/mol. The number of aromatic nitrogens is 2. The van der Waals surface area contributed by atoms with Gasteiger partial charge in [0.05, 0.1) is 25.2 Å². The molecule has 0 spiro atoms. The quantitative estimate of drug-likeness (QED) is 0.522. The lowest BCUT2D eigenvalue weighted by Gasteiger charge is -2.22. The molecule has 29 heavy (non-hydrogen) atoms. The Morgan fingerprint density at radius 1 is 1.14 bits per heavy atom. The summed E-state index contributed by atoms with van der Waals surface area (Å²) in [5, 5.41) is 9.81. The highest BCUT2D eigenvalue weighted by atomic mass is 32.2. The number of urea groups is 1. The fourth-order valence-corrected chi connectivity index (χ4v) is 3.70. The molecule has 14 heteroatoms. The molecule has 1 aliphatic rings. The van der Waals surface area contributed by atoms with Crippen molar-refractivity contribution in [2.24, 2.45) is 10.3 Å². The van der Waals surface area contributed by atoms with E-state index < -0.39 is 21.7 Å². The van der Waals surface area contributed by atoms with E-state index in [-0.39, 0.29) is 28.2 Å². The normalized spacial score (nSPS) is 18.0. The summed E-state index contributed by atoms with van der Waals surface area (Å²) in [5.41, 5.74) is 4.37. The van der Waals surface area contributed by atoms with Gasteiger partial charge in [0.2, 0.25) is 17.7 Å². The number of carbonyl (C=O) groups is 1. The Morgan fingerprint density at radius 2 is 1.79 bits per heavy atom. The predicted octanol–water partition coefficient (Wildman–Crippen LogP) is 0.652. The number of methoxy groups -OCH3 is 2. The van der Waals surface area contributed by atoms with Gasteiger partial charge >= 0.3 is 6.03 Å². The average molecular weight is 422 g/mol. The first-order chi connectivity index (χ1) is 13.8. The molecule has 0 saturated carbocycles. The van der Waals surface area contributed by atoms with Crippen molar-refractivity contribution in [3.63, 3.8) is 0 Å². The molecule has 4 N–H and O–H groups in total. The third kappa shape index (κ3) is 4.33. The summed E-state index contributed by atoms with van der Waals surface area (Å²) in [6, 6.07) is 6.39. The zero-order chi connectivity index (χ0) is 21.1. The minimum atomic E-state index is -4.27. The molecule has 1 aromatic carbocycles. The van der Waals surface area contributed by atoms with Crippen molar-refractivity contribution in [2.75, 3.05) is 19.5 Å². The summed E-state index contributed by atoms with van der Waals surface area (Å²) >= 11 is 0. The number of amides is 2. The van der Waals surface area contributed by atoms with Gasteiger partial charge in [0.1, 0.15) is 0 Å². The fraction of sp³-hybridized carbons (Fsp3) is 0.267. The average Bonchev–Trinajstić information content (AvgIpc) is 3.14. The third-order valence-electron chi connectivity index (χ3n) is 3.85. The minimum Gasteiger partial charge on any atom is -0.481 e. The number of carbonyl (C=O) groups excluding carboxylic acids is 1. The molecule has 0 radical (unpaired) electrons. The van der Waals surface area contributed by atoms with Gasteiger partial charge in [-0.2, -0.15) is 15.4 Å². The molecule has 154 valence electrons. The van der Waals surface area contributed by atoms with E-state index in [1.54, 1.807) is 19.1 Å². The van der Waals surface area contributed by atoms with Crippen molar-refractivity contribution in [2.45, 2.75) is 17.5 Å². The van der Waals surface area contributed by atoms with Gasteiger partial charge in [0, 0.05) is 5.56 Å². The topological polar surface area (TPSA) is 168 Å². The summed E-state index contributed by atoms with van der Waals surface area (Å²) < 4.78 is 37.5. The lowest BCUT2D eigenvalue weighted by molar-refractivity contribution is 0.256. The van der Waals surface area contributed by atoms with Crippen LogP contribution in [0.5, 0.6) is 11.8 Å². The van der Waals surface area contributed by atoms with Crippen molar-refractivity contribution in [3.05, 3.63) is 35.9 Å². The van der Waals surface area contributed by atoms with Gasteiger partial charge in [-0.15, -0.1) is 5.11 Å². The summed E-state index contributed by atoms with van der Waals surface area (Å²) in [5.74, 6) is 0.0431. The van der Waals surface area contributed by atoms with Crippen LogP contribution in [0.15, 0.2) is 45.6 Å². The monoisotopic (exact) mass is 422 g/mol. The van der Waals surface area contributed by atoms with Gasteiger partial charge in [-0.1, -0.05) is 23.4 Å². The molecule has 0 fully saturated rings. The van der Waals surface area contributed by atoms with E-state index in [1.807, 2.05) is 4.72 Å². The molecule has 1 aliphatic heterocycles. The second-order valence-electron chi connectivity index (χ2n) is 5.84. The highest BCUT2D eigenvalue weighted by molar-refractivity contribution is 7.90. The molecule has 1 atom stereocenters. The SMILES string of the molecule is COc1cc(OC)nc(NC(=O)NS(=O)(=O)c2ccccc2C2(C)N=NNN2)n1. The van der Waals surface area contributed by atoms with Crippen LogP contribution in [0.1, 0.15) is 12.5 Å². The van der Waals surface area contributed by atoms with Crippen LogP contribution in [-0.4, -0.2) is 38.6 Å². The molecular formula is C15H18N8O5S. The molecule has 13 nitrogen and oxygen atoms in total. The van der Waals surface area contributed by atoms with Crippen LogP contribution in [0.25, 0.3) is 0 Å². The Balaban J connectivity index is 1.84. The summed E-state index contributed by atoms with van der Waals surface area (Å²) in [7, 11) is -1.52. The minimum absolute atomic E-state index is 0.124. The van der Waals surface area contributed by atoms with Gasteiger partial charge < -0.3 is 9.47 Å². The van der Waals surface area contributed by atoms with E-state index in [0.717, 1.165) is 0 Å². The van der Waals surface area contributed by atoms with Gasteiger partial charge in [-0.05, 0) is 13.0 Å². The van der Waals surface area contributed by atoms with Crippen molar-refractivity contribution < 1.29 is 22.7 Å². The number of ether oxygens (including phenoxy) is 2. The first-order valence-corrected chi connectivity index (χ1v) is 9.60. The zero-order valence-electron chi connectivity index (χ0n) is 15.6. The van der Waals surface area contributed by atoms with Crippen molar-refractivity contribution in [3.8, 4) is 11.8 Å². The molecule has 1 aromatic heterocycles. The highest BCUT2D eigenvalue weighted by Gasteiger charge is 2.35. The van der Waals surface area contributed by atoms with Crippen LogP contribution in [0.2, 0.25) is 0 Å². The molecule has 0 aliphatic carbocycles. The van der Waals surface area contributed by atoms with Crippen LogP contribution < -0.4 is 30.5 Å². The number of nitrogens with zero attached hydrogens (tertiary/aromatic N) is 4. The number of benzene rings is 1. The molecule has 2 amide bonds.